The molecule has 18 rings (SSSR count). The van der Waals surface area contributed by atoms with Gasteiger partial charge in [-0.2, -0.15) is 0 Å². The van der Waals surface area contributed by atoms with E-state index in [2.05, 4.69) is 256 Å². The molecule has 4 atom stereocenters. The third-order valence-electron chi connectivity index (χ3n) is 26.1. The molecule has 6 fully saturated rings. The molecule has 0 radical (unpaired) electrons. The topological polar surface area (TPSA) is 22.9 Å². The van der Waals surface area contributed by atoms with Crippen LogP contribution >= 0.6 is 11.8 Å². The fourth-order valence-corrected chi connectivity index (χ4v) is 23.0. The van der Waals surface area contributed by atoms with Crippen LogP contribution in [-0.2, 0) is 21.7 Å². The lowest BCUT2D eigenvalue weighted by atomic mass is 9.33. The van der Waals surface area contributed by atoms with E-state index in [4.69, 9.17) is 4.42 Å². The fourth-order valence-electron chi connectivity index (χ4n) is 21.2. The maximum atomic E-state index is 8.08. The highest BCUT2D eigenvalue weighted by Crippen LogP contribution is 2.67. The predicted molar refractivity (Wildman–Crippen MR) is 387 cm³/mol. The number of para-hydroxylation sites is 1. The molecule has 4 aliphatic heterocycles. The Balaban J connectivity index is 0.976. The number of hydrogen-bond donors (Lipinski definition) is 0. The first kappa shape index (κ1) is 58.5. The van der Waals surface area contributed by atoms with E-state index in [-0.39, 0.29) is 38.7 Å². The van der Waals surface area contributed by atoms with Gasteiger partial charge in [-0.3, -0.25) is 4.90 Å². The highest BCUT2D eigenvalue weighted by atomic mass is 32.2. The number of furan rings is 1. The summed E-state index contributed by atoms with van der Waals surface area (Å²) < 4.78 is 8.17. The Morgan fingerprint density at radius 1 is 0.527 bits per heavy atom. The van der Waals surface area contributed by atoms with Crippen LogP contribution in [0.4, 0.5) is 45.7 Å². The van der Waals surface area contributed by atoms with Crippen LogP contribution in [0.25, 0.3) is 22.3 Å². The summed E-state index contributed by atoms with van der Waals surface area (Å²) in [6.07, 6.45) is 17.7. The van der Waals surface area contributed by atoms with Gasteiger partial charge in [0, 0.05) is 65.6 Å². The van der Waals surface area contributed by atoms with Gasteiger partial charge >= 0.3 is 0 Å². The molecule has 6 aliphatic carbocycles. The van der Waals surface area contributed by atoms with Crippen molar-refractivity contribution >= 4 is 80.6 Å². The summed E-state index contributed by atoms with van der Waals surface area (Å²) in [5.41, 5.74) is 27.0. The third kappa shape index (κ3) is 8.33. The molecule has 10 aliphatic rings. The molecule has 0 saturated heterocycles. The van der Waals surface area contributed by atoms with Crippen molar-refractivity contribution in [1.29, 1.82) is 0 Å². The summed E-state index contributed by atoms with van der Waals surface area (Å²) in [5, 5.41) is 0. The Hall–Kier alpha value is -6.37. The molecule has 5 heterocycles. The van der Waals surface area contributed by atoms with Gasteiger partial charge in [0.1, 0.15) is 5.76 Å². The molecule has 0 spiro atoms. The number of fused-ring (bicyclic) bond motifs is 11. The van der Waals surface area contributed by atoms with Gasteiger partial charge in [0.15, 0.2) is 5.88 Å². The van der Waals surface area contributed by atoms with Gasteiger partial charge in [-0.25, -0.2) is 0 Å². The van der Waals surface area contributed by atoms with Crippen LogP contribution in [-0.4, -0.2) is 17.0 Å². The van der Waals surface area contributed by atoms with Gasteiger partial charge in [-0.05, 0) is 246 Å². The minimum Gasteiger partial charge on any atom is -0.445 e. The van der Waals surface area contributed by atoms with E-state index in [1.165, 1.54) is 188 Å². The smallest absolute Gasteiger partial charge is 0.258 e. The number of nitrogens with zero attached hydrogens (tertiary/aromatic N) is 3. The minimum atomic E-state index is -0.219. The molecule has 7 aromatic carbocycles. The molecule has 6 heteroatoms. The lowest BCUT2D eigenvalue weighted by molar-refractivity contribution is -0.0148. The van der Waals surface area contributed by atoms with Crippen LogP contribution in [0.3, 0.4) is 0 Å². The van der Waals surface area contributed by atoms with Crippen molar-refractivity contribution in [3.05, 3.63) is 179 Å². The molecule has 91 heavy (non-hydrogen) atoms. The quantitative estimate of drug-likeness (QED) is 0.134. The van der Waals surface area contributed by atoms with Crippen molar-refractivity contribution in [1.82, 2.24) is 0 Å². The maximum Gasteiger partial charge on any atom is 0.258 e. The van der Waals surface area contributed by atoms with E-state index in [9.17, 15) is 0 Å². The Bertz CT molecular complexity index is 4220. The van der Waals surface area contributed by atoms with Gasteiger partial charge in [-0.15, -0.1) is 11.8 Å². The molecular formula is C85H96BN3OS. The highest BCUT2D eigenvalue weighted by Gasteiger charge is 2.61. The number of benzene rings is 7. The van der Waals surface area contributed by atoms with Crippen LogP contribution in [0.5, 0.6) is 0 Å². The van der Waals surface area contributed by atoms with Gasteiger partial charge in [0.25, 0.3) is 6.71 Å². The second kappa shape index (κ2) is 20.3. The summed E-state index contributed by atoms with van der Waals surface area (Å²) in [5.74, 6) is 5.95. The second-order valence-electron chi connectivity index (χ2n) is 33.4. The molecule has 466 valence electrons. The SMILES string of the molecule is CC(C)c1cc(C(C)C)c(-c2ccc3c(c2)C2(C)CCCCC2(C)N3c2cc3c4c(c2)N(c2ccccc2)c2oc(C56CC7CC(CC(C7)C5)C6)cc2B4c2c(ccc4c2SC2(C)CCCCC42C)N3c2ccc(C(C)(C)C)cc2-c2ccccc2)c(C(C)C)c1. The molecule has 0 N–H and O–H groups in total. The van der Waals surface area contributed by atoms with Gasteiger partial charge in [0.05, 0.1) is 11.2 Å². The Kier molecular flexibility index (Phi) is 13.1. The molecule has 4 unspecified atom stereocenters. The van der Waals surface area contributed by atoms with Crippen molar-refractivity contribution in [3.8, 4) is 22.3 Å². The van der Waals surface area contributed by atoms with Crippen LogP contribution in [0.2, 0.25) is 0 Å². The minimum absolute atomic E-state index is 0.0492. The first-order valence-electron chi connectivity index (χ1n) is 35.8. The largest absolute Gasteiger partial charge is 0.445 e. The second-order valence-corrected chi connectivity index (χ2v) is 34.9. The summed E-state index contributed by atoms with van der Waals surface area (Å²) in [4.78, 5) is 9.85. The molecule has 1 aromatic heterocycles. The number of hydrogen-bond acceptors (Lipinski definition) is 5. The molecule has 4 bridgehead atoms. The lowest BCUT2D eigenvalue weighted by Crippen LogP contribution is -2.62. The molecule has 0 amide bonds. The molecule has 4 nitrogen and oxygen atoms in total. The van der Waals surface area contributed by atoms with E-state index in [0.717, 1.165) is 42.2 Å². The van der Waals surface area contributed by atoms with E-state index in [1.54, 1.807) is 5.56 Å². The van der Waals surface area contributed by atoms with Crippen LogP contribution < -0.4 is 31.1 Å². The first-order chi connectivity index (χ1) is 43.6. The highest BCUT2D eigenvalue weighted by molar-refractivity contribution is 8.01. The van der Waals surface area contributed by atoms with Gasteiger partial charge in [-0.1, -0.05) is 181 Å². The van der Waals surface area contributed by atoms with E-state index in [0.29, 0.717) is 17.8 Å². The van der Waals surface area contributed by atoms with Crippen LogP contribution in [0.1, 0.15) is 237 Å². The standard InChI is InChI=1S/C85H96BN3OS/c1-51(2)59-41-63(52(3)4)75(64(42-59)53(5)6)58-28-31-70-67(43-58)81(10)34-20-22-36-83(81,12)89(70)62-45-72-76-73(46-62)88(69-32-29-60(80(7,8)9)44-65(69)57-24-16-14-17-25-57)71-33-30-66-78(91-84(13)37-23-21-35-82(66,84)11)77(71)86(76)68-47-74(90-79(68)87(72)61-26-18-15-19-27-61)85-48-54-38-55(49-85)40-56(39-54)50-85/h14-19,24-33,41-47,51-56H,20-23,34-40,48-50H2,1-13H3. The predicted octanol–water partition coefficient (Wildman–Crippen LogP) is 22.3. The monoisotopic (exact) mass is 1220 g/mol. The zero-order valence-corrected chi connectivity index (χ0v) is 57.7. The third-order valence-corrected chi connectivity index (χ3v) is 27.8. The maximum absolute atomic E-state index is 8.08. The molecule has 8 aromatic rings. The number of rotatable bonds is 9. The van der Waals surface area contributed by atoms with Crippen LogP contribution in [0, 0.1) is 17.8 Å². The van der Waals surface area contributed by atoms with Gasteiger partial charge < -0.3 is 14.2 Å². The first-order valence-corrected chi connectivity index (χ1v) is 36.6. The zero-order valence-electron chi connectivity index (χ0n) is 56.9. The average molecular weight is 1220 g/mol. The van der Waals surface area contributed by atoms with Crippen molar-refractivity contribution in [2.45, 2.75) is 234 Å². The van der Waals surface area contributed by atoms with E-state index in [1.807, 2.05) is 0 Å². The van der Waals surface area contributed by atoms with E-state index < -0.39 is 0 Å². The van der Waals surface area contributed by atoms with E-state index >= 15 is 0 Å². The summed E-state index contributed by atoms with van der Waals surface area (Å²) >= 11 is 2.24. The number of anilines is 8. The summed E-state index contributed by atoms with van der Waals surface area (Å²) in [7, 11) is 0. The molecule has 6 saturated carbocycles. The van der Waals surface area contributed by atoms with Crippen molar-refractivity contribution < 1.29 is 4.42 Å². The Morgan fingerprint density at radius 3 is 1.78 bits per heavy atom. The Labute approximate surface area is 549 Å². The lowest BCUT2D eigenvalue weighted by Gasteiger charge is -2.55. The van der Waals surface area contributed by atoms with Crippen molar-refractivity contribution in [3.63, 3.8) is 0 Å². The number of thioether (sulfide) groups is 1. The van der Waals surface area contributed by atoms with Gasteiger partial charge in [0.2, 0.25) is 0 Å². The average Bonchev–Trinajstić information content (AvgIpc) is 1.62. The van der Waals surface area contributed by atoms with Crippen molar-refractivity contribution in [2.75, 3.05) is 14.7 Å². The van der Waals surface area contributed by atoms with Crippen molar-refractivity contribution in [2.24, 2.45) is 17.8 Å². The summed E-state index contributed by atoms with van der Waals surface area (Å²) in [6, 6.07) is 56.5. The summed E-state index contributed by atoms with van der Waals surface area (Å²) in [6.45, 7) is 32.0. The normalized spacial score (nSPS) is 28.2. The fraction of sp³-hybridized carbons (Fsp3) is 0.459. The zero-order chi connectivity index (χ0) is 62.6. The van der Waals surface area contributed by atoms with Crippen LogP contribution in [0.15, 0.2) is 149 Å². The molecular weight excluding hydrogens is 1120 g/mol. The Morgan fingerprint density at radius 2 is 1.13 bits per heavy atom.